The third kappa shape index (κ3) is 3.92. The van der Waals surface area contributed by atoms with Crippen molar-refractivity contribution in [3.05, 3.63) is 51.8 Å². The number of aryl methyl sites for hydroxylation is 1. The van der Waals surface area contributed by atoms with Crippen molar-refractivity contribution in [2.45, 2.75) is 58.1 Å². The Morgan fingerprint density at radius 3 is 2.81 bits per heavy atom. The number of ether oxygens (including phenoxy) is 1. The Balaban J connectivity index is 1.27. The summed E-state index contributed by atoms with van der Waals surface area (Å²) in [6.45, 7) is 4.72. The second-order valence-corrected chi connectivity index (χ2v) is 9.78. The predicted molar refractivity (Wildman–Crippen MR) is 118 cm³/mol. The minimum atomic E-state index is -0.0610. The highest BCUT2D eigenvalue weighted by atomic mass is 35.5. The Morgan fingerprint density at radius 2 is 2.10 bits per heavy atom. The number of hydrogen-bond acceptors (Lipinski definition) is 4. The van der Waals surface area contributed by atoms with Crippen molar-refractivity contribution in [3.63, 3.8) is 0 Å². The van der Waals surface area contributed by atoms with Crippen molar-refractivity contribution in [2.24, 2.45) is 5.41 Å². The molecule has 0 N–H and O–H groups in total. The molecule has 1 spiro atoms. The van der Waals surface area contributed by atoms with Crippen molar-refractivity contribution in [1.82, 2.24) is 14.7 Å². The number of carbonyl (C=O) groups is 2. The molecular formula is C24H28ClN3O3. The number of aromatic nitrogens is 2. The molecule has 1 unspecified atom stereocenters. The second-order valence-electron chi connectivity index (χ2n) is 9.37. The molecule has 31 heavy (non-hydrogen) atoms. The highest BCUT2D eigenvalue weighted by Gasteiger charge is 2.43. The maximum Gasteiger partial charge on any atom is 0.253 e. The number of piperidine rings is 1. The monoisotopic (exact) mass is 441 g/mol. The van der Waals surface area contributed by atoms with E-state index in [1.165, 1.54) is 0 Å². The molecule has 0 bridgehead atoms. The Bertz CT molecular complexity index is 1020. The van der Waals surface area contributed by atoms with Gasteiger partial charge in [-0.25, -0.2) is 0 Å². The third-order valence-corrected chi connectivity index (χ3v) is 7.62. The van der Waals surface area contributed by atoms with Crippen LogP contribution in [0.25, 0.3) is 0 Å². The molecule has 1 aliphatic carbocycles. The summed E-state index contributed by atoms with van der Waals surface area (Å²) in [5.41, 5.74) is 3.36. The van der Waals surface area contributed by atoms with Gasteiger partial charge in [0.15, 0.2) is 5.78 Å². The highest BCUT2D eigenvalue weighted by molar-refractivity contribution is 6.31. The number of fused-ring (bicyclic) bond motifs is 1. The number of benzene rings is 1. The van der Waals surface area contributed by atoms with Crippen LogP contribution in [0.5, 0.6) is 0 Å². The van der Waals surface area contributed by atoms with E-state index in [0.717, 1.165) is 55.5 Å². The number of nitrogens with zero attached hydrogens (tertiary/aromatic N) is 3. The van der Waals surface area contributed by atoms with Crippen LogP contribution in [0.15, 0.2) is 24.4 Å². The number of rotatable bonds is 3. The number of amides is 1. The first-order chi connectivity index (χ1) is 14.9. The van der Waals surface area contributed by atoms with Gasteiger partial charge in [-0.3, -0.25) is 14.3 Å². The molecule has 6 nitrogen and oxygen atoms in total. The minimum absolute atomic E-state index is 0.0434. The Hall–Kier alpha value is -2.18. The maximum atomic E-state index is 13.1. The molecule has 2 aliphatic heterocycles. The third-order valence-electron chi connectivity index (χ3n) is 7.20. The van der Waals surface area contributed by atoms with Crippen molar-refractivity contribution >= 4 is 23.3 Å². The Morgan fingerprint density at radius 1 is 1.29 bits per heavy atom. The lowest BCUT2D eigenvalue weighted by atomic mass is 9.67. The van der Waals surface area contributed by atoms with Crippen LogP contribution in [-0.4, -0.2) is 52.2 Å². The smallest absolute Gasteiger partial charge is 0.253 e. The summed E-state index contributed by atoms with van der Waals surface area (Å²) in [4.78, 5) is 28.0. The van der Waals surface area contributed by atoms with Gasteiger partial charge in [-0.15, -0.1) is 0 Å². The van der Waals surface area contributed by atoms with Crippen LogP contribution in [0.1, 0.15) is 64.1 Å². The fourth-order valence-electron chi connectivity index (χ4n) is 5.38. The zero-order valence-corrected chi connectivity index (χ0v) is 18.7. The maximum absolute atomic E-state index is 13.1. The van der Waals surface area contributed by atoms with Crippen LogP contribution in [0.3, 0.4) is 0 Å². The van der Waals surface area contributed by atoms with E-state index in [1.54, 1.807) is 12.1 Å². The molecule has 2 fully saturated rings. The first kappa shape index (κ1) is 20.7. The first-order valence-electron chi connectivity index (χ1n) is 11.2. The van der Waals surface area contributed by atoms with Gasteiger partial charge >= 0.3 is 0 Å². The molecule has 1 atom stereocenters. The number of halogens is 1. The van der Waals surface area contributed by atoms with E-state index >= 15 is 0 Å². The Labute approximate surface area is 187 Å². The van der Waals surface area contributed by atoms with E-state index in [0.29, 0.717) is 36.6 Å². The van der Waals surface area contributed by atoms with E-state index in [4.69, 9.17) is 16.3 Å². The summed E-state index contributed by atoms with van der Waals surface area (Å²) in [7, 11) is 0. The molecule has 1 aromatic carbocycles. The van der Waals surface area contributed by atoms with Gasteiger partial charge in [0, 0.05) is 42.3 Å². The summed E-state index contributed by atoms with van der Waals surface area (Å²) < 4.78 is 7.59. The molecule has 2 saturated heterocycles. The molecule has 2 aromatic rings. The van der Waals surface area contributed by atoms with Gasteiger partial charge in [0.1, 0.15) is 5.69 Å². The van der Waals surface area contributed by atoms with E-state index < -0.39 is 0 Å². The van der Waals surface area contributed by atoms with Crippen molar-refractivity contribution in [3.8, 4) is 0 Å². The molecule has 0 saturated carbocycles. The van der Waals surface area contributed by atoms with E-state index in [-0.39, 0.29) is 23.2 Å². The summed E-state index contributed by atoms with van der Waals surface area (Å²) in [6.07, 6.45) is 7.23. The molecule has 3 heterocycles. The van der Waals surface area contributed by atoms with Crippen molar-refractivity contribution < 1.29 is 14.3 Å². The fraction of sp³-hybridized carbons (Fsp3) is 0.542. The molecule has 1 aromatic heterocycles. The summed E-state index contributed by atoms with van der Waals surface area (Å²) in [6, 6.07) is 5.43. The van der Waals surface area contributed by atoms with Crippen LogP contribution in [0, 0.1) is 12.3 Å². The largest absolute Gasteiger partial charge is 0.376 e. The number of Topliss-reactive ketones (excluding diaryl/α,β-unsaturated/α-hetero) is 1. The van der Waals surface area contributed by atoms with E-state index in [9.17, 15) is 9.59 Å². The lowest BCUT2D eigenvalue weighted by molar-refractivity contribution is 0.0515. The lowest BCUT2D eigenvalue weighted by Gasteiger charge is -2.43. The van der Waals surface area contributed by atoms with Crippen LogP contribution in [-0.2, 0) is 17.7 Å². The molecule has 0 radical (unpaired) electrons. The van der Waals surface area contributed by atoms with Gasteiger partial charge < -0.3 is 9.64 Å². The predicted octanol–water partition coefficient (Wildman–Crippen LogP) is 4.08. The number of carbonyl (C=O) groups excluding carboxylic acids is 2. The van der Waals surface area contributed by atoms with E-state index in [1.807, 2.05) is 28.8 Å². The van der Waals surface area contributed by atoms with Crippen LogP contribution in [0.2, 0.25) is 5.02 Å². The van der Waals surface area contributed by atoms with Gasteiger partial charge in [-0.1, -0.05) is 11.6 Å². The van der Waals surface area contributed by atoms with Gasteiger partial charge in [0.25, 0.3) is 5.91 Å². The minimum Gasteiger partial charge on any atom is -0.376 e. The van der Waals surface area contributed by atoms with Crippen LogP contribution in [0.4, 0.5) is 0 Å². The van der Waals surface area contributed by atoms with Gasteiger partial charge in [-0.05, 0) is 68.2 Å². The summed E-state index contributed by atoms with van der Waals surface area (Å²) in [5.74, 6) is 0.228. The number of likely N-dealkylation sites (tertiary alicyclic amines) is 1. The van der Waals surface area contributed by atoms with Gasteiger partial charge in [0.2, 0.25) is 0 Å². The molecule has 164 valence electrons. The SMILES string of the molecule is Cc1cc(C(=O)N2CCC3(CC2)CC(=O)c2c(cnn2CC2CCCO2)C3)ccc1Cl. The highest BCUT2D eigenvalue weighted by Crippen LogP contribution is 2.43. The summed E-state index contributed by atoms with van der Waals surface area (Å²) >= 11 is 6.10. The van der Waals surface area contributed by atoms with Crippen molar-refractivity contribution in [2.75, 3.05) is 19.7 Å². The Kier molecular flexibility index (Phi) is 5.39. The molecule has 5 rings (SSSR count). The molecule has 1 amide bonds. The fourth-order valence-corrected chi connectivity index (χ4v) is 5.50. The van der Waals surface area contributed by atoms with Crippen molar-refractivity contribution in [1.29, 1.82) is 0 Å². The first-order valence-corrected chi connectivity index (χ1v) is 11.6. The van der Waals surface area contributed by atoms with Gasteiger partial charge in [-0.2, -0.15) is 5.10 Å². The second kappa shape index (κ2) is 8.06. The zero-order valence-electron chi connectivity index (χ0n) is 17.9. The standard InChI is InChI=1S/C24H28ClN3O3/c1-16-11-17(4-5-20(16)25)23(30)27-8-6-24(7-9-27)12-18-14-26-28(22(18)21(29)13-24)15-19-3-2-10-31-19/h4-5,11,14,19H,2-3,6-10,12-13,15H2,1H3. The molecular weight excluding hydrogens is 414 g/mol. The summed E-state index contributed by atoms with van der Waals surface area (Å²) in [5, 5.41) is 5.20. The topological polar surface area (TPSA) is 64.4 Å². The molecule has 7 heteroatoms. The number of hydrogen-bond donors (Lipinski definition) is 0. The van der Waals surface area contributed by atoms with Crippen LogP contribution < -0.4 is 0 Å². The molecule has 3 aliphatic rings. The van der Waals surface area contributed by atoms with E-state index in [2.05, 4.69) is 5.10 Å². The average molecular weight is 442 g/mol. The van der Waals surface area contributed by atoms with Gasteiger partial charge in [0.05, 0.1) is 18.8 Å². The quantitative estimate of drug-likeness (QED) is 0.720. The number of ketones is 1. The van der Waals surface area contributed by atoms with Crippen LogP contribution >= 0.6 is 11.6 Å². The normalized spacial score (nSPS) is 22.7. The zero-order chi connectivity index (χ0) is 21.6. The average Bonchev–Trinajstić information content (AvgIpc) is 3.41. The lowest BCUT2D eigenvalue weighted by Crippen LogP contribution is -2.46.